The van der Waals surface area contributed by atoms with Crippen molar-refractivity contribution >= 4 is 16.9 Å². The quantitative estimate of drug-likeness (QED) is 0.662. The van der Waals surface area contributed by atoms with E-state index in [-0.39, 0.29) is 5.91 Å². The second kappa shape index (κ2) is 7.08. The molecule has 2 aromatic carbocycles. The van der Waals surface area contributed by atoms with Crippen molar-refractivity contribution in [3.63, 3.8) is 0 Å². The molecule has 1 fully saturated rings. The monoisotopic (exact) mass is 395 g/mol. The number of carbonyl (C=O) groups excluding carboxylic acids is 1. The van der Waals surface area contributed by atoms with E-state index < -0.39 is 11.8 Å². The molecule has 1 aromatic heterocycles. The molecule has 3 aromatic rings. The number of amides is 1. The molecular formula is C22H25N3O4. The van der Waals surface area contributed by atoms with Crippen LogP contribution in [0.1, 0.15) is 31.5 Å². The molecule has 7 nitrogen and oxygen atoms in total. The van der Waals surface area contributed by atoms with E-state index in [2.05, 4.69) is 0 Å². The van der Waals surface area contributed by atoms with Gasteiger partial charge >= 0.3 is 0 Å². The molecule has 1 unspecified atom stereocenters. The van der Waals surface area contributed by atoms with Crippen molar-refractivity contribution in [1.29, 1.82) is 0 Å². The molecule has 152 valence electrons. The van der Waals surface area contributed by atoms with Crippen LogP contribution in [0.3, 0.4) is 0 Å². The van der Waals surface area contributed by atoms with Crippen LogP contribution in [0.25, 0.3) is 11.0 Å². The molecule has 1 aliphatic heterocycles. The topological polar surface area (TPSA) is 65.8 Å². The molecule has 7 heteroatoms. The molecule has 0 N–H and O–H groups in total. The van der Waals surface area contributed by atoms with Gasteiger partial charge in [0.1, 0.15) is 22.9 Å². The minimum absolute atomic E-state index is 0.109. The smallest absolute Gasteiger partial charge is 0.257 e. The van der Waals surface area contributed by atoms with Gasteiger partial charge in [-0.2, -0.15) is 0 Å². The Morgan fingerprint density at radius 3 is 2.34 bits per heavy atom. The van der Waals surface area contributed by atoms with E-state index in [0.29, 0.717) is 23.6 Å². The zero-order valence-electron chi connectivity index (χ0n) is 17.3. The average Bonchev–Trinajstić information content (AvgIpc) is 3.15. The first kappa shape index (κ1) is 19.3. The maximum atomic E-state index is 13.2. The standard InChI is InChI=1S/C22H25N3O4/c1-22(2)21(26)25(13-18-23-14-9-6-7-10-15(14)24(18)3)20(29-22)19-16(27-4)11-8-12-17(19)28-5/h6-12,20H,13H2,1-5H3. The second-order valence-electron chi connectivity index (χ2n) is 7.57. The Balaban J connectivity index is 1.80. The number of imidazole rings is 1. The van der Waals surface area contributed by atoms with Gasteiger partial charge in [0.25, 0.3) is 5.91 Å². The third-order valence-corrected chi connectivity index (χ3v) is 5.37. The Hall–Kier alpha value is -3.06. The highest BCUT2D eigenvalue weighted by Crippen LogP contribution is 2.45. The van der Waals surface area contributed by atoms with Crippen LogP contribution in [0.4, 0.5) is 0 Å². The van der Waals surface area contributed by atoms with Crippen LogP contribution in [-0.4, -0.2) is 40.2 Å². The van der Waals surface area contributed by atoms with E-state index in [1.807, 2.05) is 54.1 Å². The number of aryl methyl sites for hydroxylation is 1. The van der Waals surface area contributed by atoms with Crippen LogP contribution in [0, 0.1) is 0 Å². The van der Waals surface area contributed by atoms with Gasteiger partial charge in [-0.05, 0) is 38.1 Å². The fourth-order valence-corrected chi connectivity index (χ4v) is 3.83. The summed E-state index contributed by atoms with van der Waals surface area (Å²) in [5.74, 6) is 1.88. The molecule has 0 spiro atoms. The third kappa shape index (κ3) is 3.11. The summed E-state index contributed by atoms with van der Waals surface area (Å²) in [7, 11) is 5.14. The molecule has 0 aliphatic carbocycles. The lowest BCUT2D eigenvalue weighted by Gasteiger charge is -2.25. The van der Waals surface area contributed by atoms with Gasteiger partial charge in [-0.1, -0.05) is 18.2 Å². The third-order valence-electron chi connectivity index (χ3n) is 5.37. The van der Waals surface area contributed by atoms with Crippen molar-refractivity contribution in [2.75, 3.05) is 14.2 Å². The maximum Gasteiger partial charge on any atom is 0.257 e. The molecule has 1 atom stereocenters. The first-order valence-corrected chi connectivity index (χ1v) is 9.47. The Morgan fingerprint density at radius 2 is 1.72 bits per heavy atom. The highest BCUT2D eigenvalue weighted by molar-refractivity contribution is 5.87. The van der Waals surface area contributed by atoms with Crippen molar-refractivity contribution in [2.45, 2.75) is 32.2 Å². The molecular weight excluding hydrogens is 370 g/mol. The molecule has 0 saturated carbocycles. The first-order chi connectivity index (χ1) is 13.9. The fourth-order valence-electron chi connectivity index (χ4n) is 3.83. The van der Waals surface area contributed by atoms with Gasteiger partial charge in [-0.3, -0.25) is 4.79 Å². The van der Waals surface area contributed by atoms with Crippen molar-refractivity contribution in [3.05, 3.63) is 53.9 Å². The number of para-hydroxylation sites is 2. The number of benzene rings is 2. The predicted molar refractivity (Wildman–Crippen MR) is 109 cm³/mol. The maximum absolute atomic E-state index is 13.2. The summed E-state index contributed by atoms with van der Waals surface area (Å²) in [6.07, 6.45) is -0.650. The summed E-state index contributed by atoms with van der Waals surface area (Å²) >= 11 is 0. The van der Waals surface area contributed by atoms with Crippen LogP contribution in [-0.2, 0) is 23.1 Å². The Kier molecular flexibility index (Phi) is 4.70. The molecule has 2 heterocycles. The number of ether oxygens (including phenoxy) is 3. The van der Waals surface area contributed by atoms with E-state index >= 15 is 0 Å². The molecule has 0 bridgehead atoms. The molecule has 29 heavy (non-hydrogen) atoms. The number of hydrogen-bond acceptors (Lipinski definition) is 5. The molecule has 1 saturated heterocycles. The number of carbonyl (C=O) groups is 1. The number of aromatic nitrogens is 2. The molecule has 1 aliphatic rings. The van der Waals surface area contributed by atoms with Gasteiger partial charge in [0.15, 0.2) is 6.23 Å². The summed E-state index contributed by atoms with van der Waals surface area (Å²) in [6.45, 7) is 3.86. The van der Waals surface area contributed by atoms with Crippen LogP contribution in [0.2, 0.25) is 0 Å². The van der Waals surface area contributed by atoms with Gasteiger partial charge in [0.05, 0.1) is 37.4 Å². The Labute approximate surface area is 169 Å². The van der Waals surface area contributed by atoms with Gasteiger partial charge in [0.2, 0.25) is 0 Å². The summed E-state index contributed by atoms with van der Waals surface area (Å²) in [6, 6.07) is 13.4. The first-order valence-electron chi connectivity index (χ1n) is 9.47. The lowest BCUT2D eigenvalue weighted by atomic mass is 10.1. The number of rotatable bonds is 5. The molecule has 0 radical (unpaired) electrons. The number of nitrogens with zero attached hydrogens (tertiary/aromatic N) is 3. The van der Waals surface area contributed by atoms with Crippen LogP contribution < -0.4 is 9.47 Å². The normalized spacial score (nSPS) is 18.4. The highest BCUT2D eigenvalue weighted by Gasteiger charge is 2.49. The second-order valence-corrected chi connectivity index (χ2v) is 7.57. The lowest BCUT2D eigenvalue weighted by molar-refractivity contribution is -0.135. The van der Waals surface area contributed by atoms with Gasteiger partial charge < -0.3 is 23.7 Å². The Bertz CT molecular complexity index is 1050. The highest BCUT2D eigenvalue weighted by atomic mass is 16.6. The van der Waals surface area contributed by atoms with E-state index in [0.717, 1.165) is 16.9 Å². The van der Waals surface area contributed by atoms with Crippen molar-refractivity contribution in [3.8, 4) is 11.5 Å². The minimum atomic E-state index is -0.971. The number of hydrogen-bond donors (Lipinski definition) is 0. The lowest BCUT2D eigenvalue weighted by Crippen LogP contribution is -2.36. The largest absolute Gasteiger partial charge is 0.496 e. The van der Waals surface area contributed by atoms with Crippen molar-refractivity contribution in [2.24, 2.45) is 7.05 Å². The van der Waals surface area contributed by atoms with E-state index in [1.54, 1.807) is 33.0 Å². The zero-order valence-corrected chi connectivity index (χ0v) is 17.3. The summed E-state index contributed by atoms with van der Waals surface area (Å²) in [5, 5.41) is 0. The predicted octanol–water partition coefficient (Wildman–Crippen LogP) is 3.43. The Morgan fingerprint density at radius 1 is 1.07 bits per heavy atom. The fraction of sp³-hybridized carbons (Fsp3) is 0.364. The van der Waals surface area contributed by atoms with Crippen molar-refractivity contribution < 1.29 is 19.0 Å². The minimum Gasteiger partial charge on any atom is -0.496 e. The van der Waals surface area contributed by atoms with Gasteiger partial charge in [-0.25, -0.2) is 4.98 Å². The van der Waals surface area contributed by atoms with E-state index in [1.165, 1.54) is 0 Å². The summed E-state index contributed by atoms with van der Waals surface area (Å²) in [5.41, 5.74) is 1.63. The number of methoxy groups -OCH3 is 2. The summed E-state index contributed by atoms with van der Waals surface area (Å²) < 4.78 is 19.3. The SMILES string of the molecule is COc1cccc(OC)c1C1OC(C)(C)C(=O)N1Cc1nc2ccccc2n1C. The van der Waals surface area contributed by atoms with Crippen LogP contribution >= 0.6 is 0 Å². The van der Waals surface area contributed by atoms with E-state index in [9.17, 15) is 4.79 Å². The molecule has 1 amide bonds. The molecule has 4 rings (SSSR count). The van der Waals surface area contributed by atoms with Crippen molar-refractivity contribution in [1.82, 2.24) is 14.5 Å². The zero-order chi connectivity index (χ0) is 20.8. The summed E-state index contributed by atoms with van der Waals surface area (Å²) in [4.78, 5) is 19.6. The van der Waals surface area contributed by atoms with Gasteiger partial charge in [-0.15, -0.1) is 0 Å². The van der Waals surface area contributed by atoms with Crippen LogP contribution in [0.15, 0.2) is 42.5 Å². The average molecular weight is 395 g/mol. The number of fused-ring (bicyclic) bond motifs is 1. The van der Waals surface area contributed by atoms with Crippen LogP contribution in [0.5, 0.6) is 11.5 Å². The van der Waals surface area contributed by atoms with Gasteiger partial charge in [0, 0.05) is 7.05 Å². The van der Waals surface area contributed by atoms with E-state index in [4.69, 9.17) is 19.2 Å².